The minimum Gasteiger partial charge on any atom is -0.489 e. The SMILES string of the molecule is C[C@@H]([NH2+]Cc1ccc(OCc2ccc(Cl)cc2)cc1)[C@@H](O)c1ccccc1. The Labute approximate surface area is 165 Å². The van der Waals surface area contributed by atoms with Crippen LogP contribution in [0.2, 0.25) is 5.02 Å². The van der Waals surface area contributed by atoms with Crippen molar-refractivity contribution in [1.29, 1.82) is 0 Å². The molecule has 3 N–H and O–H groups in total. The number of halogens is 1. The van der Waals surface area contributed by atoms with Gasteiger partial charge in [0.05, 0.1) is 0 Å². The number of quaternary nitrogens is 1. The van der Waals surface area contributed by atoms with Crippen molar-refractivity contribution >= 4 is 11.6 Å². The van der Waals surface area contributed by atoms with E-state index in [1.165, 1.54) is 5.56 Å². The highest BCUT2D eigenvalue weighted by molar-refractivity contribution is 6.30. The molecule has 27 heavy (non-hydrogen) atoms. The van der Waals surface area contributed by atoms with Crippen molar-refractivity contribution < 1.29 is 15.2 Å². The van der Waals surface area contributed by atoms with E-state index >= 15 is 0 Å². The largest absolute Gasteiger partial charge is 0.489 e. The topological polar surface area (TPSA) is 46.1 Å². The summed E-state index contributed by atoms with van der Waals surface area (Å²) in [6, 6.07) is 25.6. The van der Waals surface area contributed by atoms with E-state index in [-0.39, 0.29) is 6.04 Å². The van der Waals surface area contributed by atoms with Crippen LogP contribution in [0.15, 0.2) is 78.9 Å². The molecule has 0 bridgehead atoms. The fourth-order valence-corrected chi connectivity index (χ4v) is 3.00. The van der Waals surface area contributed by atoms with E-state index in [0.29, 0.717) is 6.61 Å². The minimum atomic E-state index is -0.479. The van der Waals surface area contributed by atoms with Crippen LogP contribution in [0.5, 0.6) is 5.75 Å². The first-order valence-corrected chi connectivity index (χ1v) is 9.52. The molecule has 0 saturated carbocycles. The van der Waals surface area contributed by atoms with E-state index in [1.54, 1.807) is 0 Å². The van der Waals surface area contributed by atoms with E-state index < -0.39 is 6.10 Å². The van der Waals surface area contributed by atoms with Crippen molar-refractivity contribution in [3.63, 3.8) is 0 Å². The number of aliphatic hydroxyl groups excluding tert-OH is 1. The van der Waals surface area contributed by atoms with Gasteiger partial charge in [-0.25, -0.2) is 0 Å². The molecular formula is C23H25ClNO2+. The Balaban J connectivity index is 1.48. The second kappa shape index (κ2) is 9.56. The molecule has 0 radical (unpaired) electrons. The first-order valence-electron chi connectivity index (χ1n) is 9.14. The second-order valence-corrected chi connectivity index (χ2v) is 7.15. The van der Waals surface area contributed by atoms with Crippen LogP contribution in [0.3, 0.4) is 0 Å². The summed E-state index contributed by atoms with van der Waals surface area (Å²) in [5.41, 5.74) is 3.23. The van der Waals surface area contributed by atoms with Gasteiger partial charge >= 0.3 is 0 Å². The fraction of sp³-hybridized carbons (Fsp3) is 0.217. The highest BCUT2D eigenvalue weighted by Gasteiger charge is 2.18. The highest BCUT2D eigenvalue weighted by Crippen LogP contribution is 2.16. The standard InChI is InChI=1S/C23H24ClNO2/c1-17(23(26)20-5-3-2-4-6-20)25-15-18-9-13-22(14-10-18)27-16-19-7-11-21(24)12-8-19/h2-14,17,23,25-26H,15-16H2,1H3/p+1/t17-,23-/m1/s1. The summed E-state index contributed by atoms with van der Waals surface area (Å²) in [7, 11) is 0. The predicted molar refractivity (Wildman–Crippen MR) is 109 cm³/mol. The number of nitrogens with two attached hydrogens (primary N) is 1. The first kappa shape index (κ1) is 19.4. The van der Waals surface area contributed by atoms with Gasteiger partial charge in [-0.1, -0.05) is 54.1 Å². The lowest BCUT2D eigenvalue weighted by Gasteiger charge is -2.18. The highest BCUT2D eigenvalue weighted by atomic mass is 35.5. The number of hydrogen-bond donors (Lipinski definition) is 2. The van der Waals surface area contributed by atoms with E-state index in [4.69, 9.17) is 16.3 Å². The van der Waals surface area contributed by atoms with Crippen molar-refractivity contribution in [2.24, 2.45) is 0 Å². The molecule has 0 heterocycles. The van der Waals surface area contributed by atoms with Gasteiger partial charge < -0.3 is 15.2 Å². The molecule has 0 saturated heterocycles. The maximum atomic E-state index is 10.4. The summed E-state index contributed by atoms with van der Waals surface area (Å²) in [6.45, 7) is 3.37. The van der Waals surface area contributed by atoms with Crippen LogP contribution in [0.25, 0.3) is 0 Å². The number of ether oxygens (including phenoxy) is 1. The monoisotopic (exact) mass is 382 g/mol. The molecule has 0 aliphatic rings. The Morgan fingerprint density at radius 1 is 0.889 bits per heavy atom. The number of aliphatic hydroxyl groups is 1. The Morgan fingerprint density at radius 2 is 1.52 bits per heavy atom. The van der Waals surface area contributed by atoms with Gasteiger partial charge in [-0.2, -0.15) is 0 Å². The van der Waals surface area contributed by atoms with Gasteiger partial charge in [0.2, 0.25) is 0 Å². The Morgan fingerprint density at radius 3 is 2.19 bits per heavy atom. The van der Waals surface area contributed by atoms with Gasteiger partial charge in [-0.05, 0) is 54.4 Å². The van der Waals surface area contributed by atoms with Gasteiger partial charge in [-0.15, -0.1) is 0 Å². The molecular weight excluding hydrogens is 358 g/mol. The Bertz CT molecular complexity index is 819. The molecule has 2 atom stereocenters. The molecule has 3 aromatic rings. The smallest absolute Gasteiger partial charge is 0.130 e. The molecule has 3 aromatic carbocycles. The lowest BCUT2D eigenvalue weighted by Crippen LogP contribution is -2.88. The van der Waals surface area contributed by atoms with Crippen LogP contribution in [0.1, 0.15) is 29.7 Å². The van der Waals surface area contributed by atoms with Gasteiger partial charge in [0.1, 0.15) is 31.0 Å². The molecule has 4 heteroatoms. The number of benzene rings is 3. The van der Waals surface area contributed by atoms with Crippen LogP contribution in [-0.4, -0.2) is 11.1 Å². The summed E-state index contributed by atoms with van der Waals surface area (Å²) >= 11 is 5.89. The lowest BCUT2D eigenvalue weighted by molar-refractivity contribution is -0.709. The average Bonchev–Trinajstić information content (AvgIpc) is 2.72. The lowest BCUT2D eigenvalue weighted by atomic mass is 10.0. The summed E-state index contributed by atoms with van der Waals surface area (Å²) < 4.78 is 5.82. The number of hydrogen-bond acceptors (Lipinski definition) is 2. The average molecular weight is 383 g/mol. The van der Waals surface area contributed by atoms with Crippen LogP contribution < -0.4 is 10.1 Å². The molecule has 0 aromatic heterocycles. The summed E-state index contributed by atoms with van der Waals surface area (Å²) in [5, 5.41) is 13.3. The Hall–Kier alpha value is -2.33. The van der Waals surface area contributed by atoms with Crippen LogP contribution in [0, 0.1) is 0 Å². The van der Waals surface area contributed by atoms with Crippen LogP contribution in [0.4, 0.5) is 0 Å². The van der Waals surface area contributed by atoms with E-state index in [0.717, 1.165) is 28.4 Å². The van der Waals surface area contributed by atoms with Crippen molar-refractivity contribution in [3.8, 4) is 5.75 Å². The zero-order valence-corrected chi connectivity index (χ0v) is 16.1. The van der Waals surface area contributed by atoms with E-state index in [2.05, 4.69) is 17.4 Å². The maximum Gasteiger partial charge on any atom is 0.130 e. The second-order valence-electron chi connectivity index (χ2n) is 6.71. The third-order valence-electron chi connectivity index (χ3n) is 4.61. The molecule has 0 unspecified atom stereocenters. The summed E-state index contributed by atoms with van der Waals surface area (Å²) in [6.07, 6.45) is -0.479. The summed E-state index contributed by atoms with van der Waals surface area (Å²) in [4.78, 5) is 0. The van der Waals surface area contributed by atoms with E-state index in [1.807, 2.05) is 73.7 Å². The maximum absolute atomic E-state index is 10.4. The first-order chi connectivity index (χ1) is 13.1. The molecule has 0 spiro atoms. The molecule has 3 rings (SSSR count). The van der Waals surface area contributed by atoms with Crippen molar-refractivity contribution in [2.45, 2.75) is 32.2 Å². The summed E-state index contributed by atoms with van der Waals surface area (Å²) in [5.74, 6) is 0.839. The quantitative estimate of drug-likeness (QED) is 0.616. The van der Waals surface area contributed by atoms with Crippen LogP contribution in [-0.2, 0) is 13.2 Å². The molecule has 0 aliphatic heterocycles. The Kier molecular flexibility index (Phi) is 6.88. The van der Waals surface area contributed by atoms with Crippen molar-refractivity contribution in [2.75, 3.05) is 0 Å². The van der Waals surface area contributed by atoms with E-state index in [9.17, 15) is 5.11 Å². The van der Waals surface area contributed by atoms with Gasteiger partial charge in [0.15, 0.2) is 0 Å². The zero-order chi connectivity index (χ0) is 19.1. The van der Waals surface area contributed by atoms with Gasteiger partial charge in [0.25, 0.3) is 0 Å². The molecule has 0 aliphatic carbocycles. The molecule has 140 valence electrons. The third-order valence-corrected chi connectivity index (χ3v) is 4.86. The van der Waals surface area contributed by atoms with Crippen molar-refractivity contribution in [3.05, 3.63) is 101 Å². The minimum absolute atomic E-state index is 0.0771. The van der Waals surface area contributed by atoms with Gasteiger partial charge in [-0.3, -0.25) is 0 Å². The molecule has 0 amide bonds. The predicted octanol–water partition coefficient (Wildman–Crippen LogP) is 4.10. The third kappa shape index (κ3) is 5.83. The normalized spacial score (nSPS) is 13.1. The van der Waals surface area contributed by atoms with Crippen LogP contribution >= 0.6 is 11.6 Å². The number of rotatable bonds is 8. The molecule has 3 nitrogen and oxygen atoms in total. The zero-order valence-electron chi connectivity index (χ0n) is 15.4. The molecule has 0 fully saturated rings. The van der Waals surface area contributed by atoms with Gasteiger partial charge in [0, 0.05) is 10.6 Å². The van der Waals surface area contributed by atoms with Crippen molar-refractivity contribution in [1.82, 2.24) is 0 Å². The fourth-order valence-electron chi connectivity index (χ4n) is 2.87.